The highest BCUT2D eigenvalue weighted by Gasteiger charge is 2.14. The summed E-state index contributed by atoms with van der Waals surface area (Å²) in [7, 11) is 0. The molecule has 1 aliphatic carbocycles. The molecule has 5 heteroatoms. The minimum absolute atomic E-state index is 0.800. The van der Waals surface area contributed by atoms with E-state index in [1.54, 1.807) is 6.33 Å². The number of rotatable bonds is 6. The van der Waals surface area contributed by atoms with Gasteiger partial charge in [-0.15, -0.1) is 0 Å². The highest BCUT2D eigenvalue weighted by molar-refractivity contribution is 7.80. The average Bonchev–Trinajstić information content (AvgIpc) is 2.87. The highest BCUT2D eigenvalue weighted by atomic mass is 32.1. The van der Waals surface area contributed by atoms with E-state index < -0.39 is 0 Å². The third kappa shape index (κ3) is 4.07. The van der Waals surface area contributed by atoms with Crippen molar-refractivity contribution in [1.82, 2.24) is 9.97 Å². The summed E-state index contributed by atoms with van der Waals surface area (Å²) in [6.07, 6.45) is 7.05. The zero-order valence-corrected chi connectivity index (χ0v) is 10.9. The Morgan fingerprint density at radius 3 is 2.59 bits per heavy atom. The van der Waals surface area contributed by atoms with Crippen LogP contribution >= 0.6 is 12.6 Å². The van der Waals surface area contributed by atoms with Crippen molar-refractivity contribution in [1.29, 1.82) is 0 Å². The molecular weight excluding hydrogens is 232 g/mol. The van der Waals surface area contributed by atoms with E-state index in [0.717, 1.165) is 36.4 Å². The fraction of sp³-hybridized carbons (Fsp3) is 0.667. The molecule has 0 aromatic carbocycles. The summed E-state index contributed by atoms with van der Waals surface area (Å²) in [4.78, 5) is 8.39. The van der Waals surface area contributed by atoms with Crippen LogP contribution in [0, 0.1) is 5.92 Å². The molecule has 0 unspecified atom stereocenters. The van der Waals surface area contributed by atoms with Gasteiger partial charge in [-0.1, -0.05) is 12.8 Å². The van der Waals surface area contributed by atoms with Gasteiger partial charge in [-0.2, -0.15) is 12.6 Å². The Hall–Kier alpha value is -0.970. The maximum absolute atomic E-state index is 4.23. The Balaban J connectivity index is 1.82. The molecule has 1 aromatic heterocycles. The number of thiol groups is 1. The molecule has 1 aliphatic rings. The van der Waals surface area contributed by atoms with Gasteiger partial charge in [0.1, 0.15) is 18.0 Å². The Bertz CT molecular complexity index is 339. The van der Waals surface area contributed by atoms with Crippen molar-refractivity contribution in [2.24, 2.45) is 5.92 Å². The van der Waals surface area contributed by atoms with E-state index in [4.69, 9.17) is 0 Å². The van der Waals surface area contributed by atoms with Gasteiger partial charge in [0.15, 0.2) is 0 Å². The molecule has 1 saturated carbocycles. The van der Waals surface area contributed by atoms with Crippen molar-refractivity contribution in [3.63, 3.8) is 0 Å². The first-order valence-corrected chi connectivity index (χ1v) is 6.92. The van der Waals surface area contributed by atoms with E-state index >= 15 is 0 Å². The molecule has 2 N–H and O–H groups in total. The minimum atomic E-state index is 0.800. The zero-order valence-electron chi connectivity index (χ0n) is 10.0. The Labute approximate surface area is 108 Å². The zero-order chi connectivity index (χ0) is 11.9. The van der Waals surface area contributed by atoms with Gasteiger partial charge < -0.3 is 10.6 Å². The lowest BCUT2D eigenvalue weighted by molar-refractivity contribution is 0.579. The van der Waals surface area contributed by atoms with Crippen molar-refractivity contribution in [2.45, 2.75) is 25.7 Å². The van der Waals surface area contributed by atoms with Crippen LogP contribution in [-0.4, -0.2) is 28.8 Å². The molecule has 0 bridgehead atoms. The van der Waals surface area contributed by atoms with Crippen LogP contribution in [0.2, 0.25) is 0 Å². The van der Waals surface area contributed by atoms with Crippen molar-refractivity contribution < 1.29 is 0 Å². The van der Waals surface area contributed by atoms with E-state index in [-0.39, 0.29) is 0 Å². The first-order chi connectivity index (χ1) is 8.38. The van der Waals surface area contributed by atoms with Gasteiger partial charge in [-0.05, 0) is 18.8 Å². The fourth-order valence-electron chi connectivity index (χ4n) is 2.20. The van der Waals surface area contributed by atoms with Gasteiger partial charge in [0.05, 0.1) is 0 Å². The molecule has 0 aliphatic heterocycles. The topological polar surface area (TPSA) is 49.8 Å². The Morgan fingerprint density at radius 2 is 1.88 bits per heavy atom. The third-order valence-electron chi connectivity index (χ3n) is 3.13. The van der Waals surface area contributed by atoms with Crippen molar-refractivity contribution in [2.75, 3.05) is 29.5 Å². The van der Waals surface area contributed by atoms with Crippen LogP contribution in [0.25, 0.3) is 0 Å². The van der Waals surface area contributed by atoms with E-state index in [0.29, 0.717) is 0 Å². The molecule has 0 atom stereocenters. The summed E-state index contributed by atoms with van der Waals surface area (Å²) in [6.45, 7) is 1.85. The number of hydrogen-bond donors (Lipinski definition) is 3. The van der Waals surface area contributed by atoms with Crippen LogP contribution in [0.4, 0.5) is 11.6 Å². The van der Waals surface area contributed by atoms with Crippen molar-refractivity contribution >= 4 is 24.3 Å². The Kier molecular flexibility index (Phi) is 4.91. The average molecular weight is 252 g/mol. The fourth-order valence-corrected chi connectivity index (χ4v) is 2.31. The lowest BCUT2D eigenvalue weighted by atomic mass is 10.1. The van der Waals surface area contributed by atoms with Gasteiger partial charge in [0.2, 0.25) is 0 Å². The largest absolute Gasteiger partial charge is 0.370 e. The summed E-state index contributed by atoms with van der Waals surface area (Å²) < 4.78 is 0. The molecule has 0 saturated heterocycles. The molecule has 1 heterocycles. The molecule has 17 heavy (non-hydrogen) atoms. The minimum Gasteiger partial charge on any atom is -0.370 e. The number of nitrogens with zero attached hydrogens (tertiary/aromatic N) is 2. The first kappa shape index (κ1) is 12.5. The van der Waals surface area contributed by atoms with Crippen LogP contribution in [0.15, 0.2) is 12.4 Å². The van der Waals surface area contributed by atoms with Gasteiger partial charge >= 0.3 is 0 Å². The standard InChI is InChI=1S/C12H20N4S/c17-6-5-13-11-7-12(16-9-15-11)14-8-10-3-1-2-4-10/h7,9-10,17H,1-6,8H2,(H2,13,14,15,16). The van der Waals surface area contributed by atoms with E-state index in [1.165, 1.54) is 25.7 Å². The third-order valence-corrected chi connectivity index (χ3v) is 3.36. The maximum Gasteiger partial charge on any atom is 0.131 e. The summed E-state index contributed by atoms with van der Waals surface area (Å²) in [5, 5.41) is 6.59. The molecule has 0 spiro atoms. The summed E-state index contributed by atoms with van der Waals surface area (Å²) in [6, 6.07) is 1.96. The monoisotopic (exact) mass is 252 g/mol. The molecule has 94 valence electrons. The molecule has 4 nitrogen and oxygen atoms in total. The Morgan fingerprint density at radius 1 is 1.18 bits per heavy atom. The molecule has 1 aromatic rings. The molecule has 0 radical (unpaired) electrons. The second-order valence-corrected chi connectivity index (χ2v) is 4.92. The summed E-state index contributed by atoms with van der Waals surface area (Å²) in [5.41, 5.74) is 0. The molecular formula is C12H20N4S. The SMILES string of the molecule is SCCNc1cc(NCC2CCCC2)ncn1. The molecule has 2 rings (SSSR count). The second kappa shape index (κ2) is 6.69. The van der Waals surface area contributed by atoms with Crippen LogP contribution < -0.4 is 10.6 Å². The number of aromatic nitrogens is 2. The number of hydrogen-bond acceptors (Lipinski definition) is 5. The van der Waals surface area contributed by atoms with Crippen LogP contribution in [0.5, 0.6) is 0 Å². The van der Waals surface area contributed by atoms with Gasteiger partial charge in [0, 0.05) is 24.9 Å². The van der Waals surface area contributed by atoms with Gasteiger partial charge in [-0.25, -0.2) is 9.97 Å². The van der Waals surface area contributed by atoms with E-state index in [1.807, 2.05) is 6.07 Å². The van der Waals surface area contributed by atoms with Crippen LogP contribution in [-0.2, 0) is 0 Å². The molecule has 1 fully saturated rings. The van der Waals surface area contributed by atoms with Crippen molar-refractivity contribution in [3.05, 3.63) is 12.4 Å². The predicted molar refractivity (Wildman–Crippen MR) is 74.8 cm³/mol. The lowest BCUT2D eigenvalue weighted by Crippen LogP contribution is -2.12. The normalized spacial score (nSPS) is 16.1. The van der Waals surface area contributed by atoms with Gasteiger partial charge in [-0.3, -0.25) is 0 Å². The van der Waals surface area contributed by atoms with Crippen LogP contribution in [0.3, 0.4) is 0 Å². The lowest BCUT2D eigenvalue weighted by Gasteiger charge is -2.11. The number of anilines is 2. The first-order valence-electron chi connectivity index (χ1n) is 6.29. The van der Waals surface area contributed by atoms with Crippen molar-refractivity contribution in [3.8, 4) is 0 Å². The smallest absolute Gasteiger partial charge is 0.131 e. The quantitative estimate of drug-likeness (QED) is 0.681. The molecule has 0 amide bonds. The second-order valence-electron chi connectivity index (χ2n) is 4.47. The van der Waals surface area contributed by atoms with E-state index in [9.17, 15) is 0 Å². The summed E-state index contributed by atoms with van der Waals surface area (Å²) >= 11 is 4.16. The van der Waals surface area contributed by atoms with E-state index in [2.05, 4.69) is 33.2 Å². The summed E-state index contributed by atoms with van der Waals surface area (Å²) in [5.74, 6) is 3.39. The van der Waals surface area contributed by atoms with Gasteiger partial charge in [0.25, 0.3) is 0 Å². The maximum atomic E-state index is 4.23. The van der Waals surface area contributed by atoms with Crippen LogP contribution in [0.1, 0.15) is 25.7 Å². The predicted octanol–water partition coefficient (Wildman–Crippen LogP) is 2.42. The number of nitrogens with one attached hydrogen (secondary N) is 2. The highest BCUT2D eigenvalue weighted by Crippen LogP contribution is 2.24.